The molecule has 0 aliphatic heterocycles. The summed E-state index contributed by atoms with van der Waals surface area (Å²) in [6.07, 6.45) is 5.01. The third-order valence-corrected chi connectivity index (χ3v) is 3.59. The van der Waals surface area contributed by atoms with Gasteiger partial charge in [-0.15, -0.1) is 0 Å². The molecule has 1 aliphatic rings. The van der Waals surface area contributed by atoms with Gasteiger partial charge in [-0.05, 0) is 36.5 Å². The third kappa shape index (κ3) is 3.01. The van der Waals surface area contributed by atoms with Crippen LogP contribution in [0.1, 0.15) is 53.4 Å². The fraction of sp³-hybridized carbons (Fsp3) is 0.923. The van der Waals surface area contributed by atoms with E-state index in [2.05, 4.69) is 33.8 Å². The molecule has 80 valence electrons. The molecule has 0 N–H and O–H groups in total. The van der Waals surface area contributed by atoms with Gasteiger partial charge in [0.15, 0.2) is 0 Å². The maximum atomic E-state index is 8.80. The highest BCUT2D eigenvalue weighted by atomic mass is 14.5. The van der Waals surface area contributed by atoms with Crippen molar-refractivity contribution >= 4 is 0 Å². The van der Waals surface area contributed by atoms with Crippen molar-refractivity contribution in [2.45, 2.75) is 53.4 Å². The molecule has 0 bridgehead atoms. The minimum Gasteiger partial charge on any atom is -0.198 e. The molecule has 0 aromatic heterocycles. The van der Waals surface area contributed by atoms with Gasteiger partial charge in [-0.1, -0.05) is 34.1 Å². The SMILES string of the molecule is CC(C)CC(C)CC[C@]1(C)C[C@H]1C#N. The highest BCUT2D eigenvalue weighted by molar-refractivity contribution is 5.09. The van der Waals surface area contributed by atoms with Gasteiger partial charge in [0, 0.05) is 0 Å². The van der Waals surface area contributed by atoms with Crippen molar-refractivity contribution < 1.29 is 0 Å². The molecule has 0 spiro atoms. The second-order valence-corrected chi connectivity index (χ2v) is 5.81. The predicted molar refractivity (Wildman–Crippen MR) is 59.7 cm³/mol. The van der Waals surface area contributed by atoms with Gasteiger partial charge in [0.1, 0.15) is 0 Å². The van der Waals surface area contributed by atoms with Crippen LogP contribution in [0.3, 0.4) is 0 Å². The van der Waals surface area contributed by atoms with E-state index >= 15 is 0 Å². The van der Waals surface area contributed by atoms with Gasteiger partial charge in [0.2, 0.25) is 0 Å². The zero-order valence-corrected chi connectivity index (χ0v) is 10.0. The first-order valence-corrected chi connectivity index (χ1v) is 5.87. The molecule has 1 saturated carbocycles. The molecule has 0 aromatic rings. The molecule has 0 aromatic carbocycles. The van der Waals surface area contributed by atoms with Crippen molar-refractivity contribution in [3.05, 3.63) is 0 Å². The van der Waals surface area contributed by atoms with Crippen LogP contribution in [0.4, 0.5) is 0 Å². The Bertz CT molecular complexity index is 226. The van der Waals surface area contributed by atoms with E-state index in [-0.39, 0.29) is 0 Å². The second-order valence-electron chi connectivity index (χ2n) is 5.81. The lowest BCUT2D eigenvalue weighted by Gasteiger charge is -2.16. The lowest BCUT2D eigenvalue weighted by molar-refractivity contribution is 0.357. The Hall–Kier alpha value is -0.510. The molecule has 0 radical (unpaired) electrons. The lowest BCUT2D eigenvalue weighted by Crippen LogP contribution is -2.05. The van der Waals surface area contributed by atoms with E-state index in [0.29, 0.717) is 11.3 Å². The number of hydrogen-bond donors (Lipinski definition) is 0. The Balaban J connectivity index is 2.19. The first-order chi connectivity index (χ1) is 6.48. The molecule has 1 fully saturated rings. The zero-order chi connectivity index (χ0) is 10.8. The van der Waals surface area contributed by atoms with Crippen LogP contribution in [0.5, 0.6) is 0 Å². The minimum absolute atomic E-state index is 0.355. The summed E-state index contributed by atoms with van der Waals surface area (Å²) in [4.78, 5) is 0. The van der Waals surface area contributed by atoms with Gasteiger partial charge in [-0.2, -0.15) is 5.26 Å². The molecule has 3 atom stereocenters. The maximum absolute atomic E-state index is 8.80. The summed E-state index contributed by atoms with van der Waals surface area (Å²) in [5.74, 6) is 1.99. The van der Waals surface area contributed by atoms with Gasteiger partial charge in [-0.3, -0.25) is 0 Å². The maximum Gasteiger partial charge on any atom is 0.0661 e. The molecule has 0 amide bonds. The Kier molecular flexibility index (Phi) is 3.59. The van der Waals surface area contributed by atoms with E-state index in [4.69, 9.17) is 5.26 Å². The summed E-state index contributed by atoms with van der Waals surface area (Å²) in [6, 6.07) is 2.39. The largest absolute Gasteiger partial charge is 0.198 e. The second kappa shape index (κ2) is 4.34. The topological polar surface area (TPSA) is 23.8 Å². The summed E-state index contributed by atoms with van der Waals surface area (Å²) in [6.45, 7) is 9.18. The third-order valence-electron chi connectivity index (χ3n) is 3.59. The van der Waals surface area contributed by atoms with Crippen LogP contribution >= 0.6 is 0 Å². The average molecular weight is 193 g/mol. The normalized spacial score (nSPS) is 32.7. The van der Waals surface area contributed by atoms with Crippen molar-refractivity contribution in [3.8, 4) is 6.07 Å². The molecule has 0 heterocycles. The number of nitrogens with zero attached hydrogens (tertiary/aromatic N) is 1. The molecule has 1 rings (SSSR count). The van der Waals surface area contributed by atoms with E-state index in [1.807, 2.05) is 0 Å². The predicted octanol–water partition coefficient (Wildman–Crippen LogP) is 4.00. The van der Waals surface area contributed by atoms with E-state index in [0.717, 1.165) is 18.3 Å². The Labute approximate surface area is 88.5 Å². The molecule has 1 aliphatic carbocycles. The smallest absolute Gasteiger partial charge is 0.0661 e. The standard InChI is InChI=1S/C13H23N/c1-10(2)7-11(3)5-6-13(4)8-12(13)9-14/h10-12H,5-8H2,1-4H3/t11?,12-,13+/m0/s1. The van der Waals surface area contributed by atoms with Crippen LogP contribution in [0, 0.1) is 34.5 Å². The quantitative estimate of drug-likeness (QED) is 0.647. The molecule has 0 saturated heterocycles. The molecule has 14 heavy (non-hydrogen) atoms. The Morgan fingerprint density at radius 3 is 2.50 bits per heavy atom. The van der Waals surface area contributed by atoms with Crippen LogP contribution in [0.2, 0.25) is 0 Å². The molecular formula is C13H23N. The van der Waals surface area contributed by atoms with Crippen molar-refractivity contribution in [1.82, 2.24) is 0 Å². The van der Waals surface area contributed by atoms with Gasteiger partial charge in [0.05, 0.1) is 12.0 Å². The molecule has 1 unspecified atom stereocenters. The first kappa shape index (κ1) is 11.6. The zero-order valence-electron chi connectivity index (χ0n) is 10.0. The number of nitriles is 1. The van der Waals surface area contributed by atoms with Crippen molar-refractivity contribution in [2.75, 3.05) is 0 Å². The van der Waals surface area contributed by atoms with Crippen LogP contribution in [0.25, 0.3) is 0 Å². The lowest BCUT2D eigenvalue weighted by atomic mass is 9.89. The van der Waals surface area contributed by atoms with E-state index < -0.39 is 0 Å². The number of hydrogen-bond acceptors (Lipinski definition) is 1. The summed E-state index contributed by atoms with van der Waals surface area (Å²) in [5, 5.41) is 8.80. The van der Waals surface area contributed by atoms with Crippen molar-refractivity contribution in [1.29, 1.82) is 5.26 Å². The van der Waals surface area contributed by atoms with Gasteiger partial charge in [0.25, 0.3) is 0 Å². The van der Waals surface area contributed by atoms with E-state index in [9.17, 15) is 0 Å². The molecule has 1 nitrogen and oxygen atoms in total. The van der Waals surface area contributed by atoms with Gasteiger partial charge >= 0.3 is 0 Å². The Morgan fingerprint density at radius 1 is 1.43 bits per heavy atom. The van der Waals surface area contributed by atoms with E-state index in [1.165, 1.54) is 19.3 Å². The summed E-state index contributed by atoms with van der Waals surface area (Å²) in [5.41, 5.74) is 0.375. The van der Waals surface area contributed by atoms with Crippen LogP contribution < -0.4 is 0 Å². The molecular weight excluding hydrogens is 170 g/mol. The molecule has 1 heteroatoms. The monoisotopic (exact) mass is 193 g/mol. The van der Waals surface area contributed by atoms with Crippen LogP contribution in [0.15, 0.2) is 0 Å². The van der Waals surface area contributed by atoms with Crippen LogP contribution in [-0.4, -0.2) is 0 Å². The summed E-state index contributed by atoms with van der Waals surface area (Å²) in [7, 11) is 0. The fourth-order valence-electron chi connectivity index (χ4n) is 2.38. The Morgan fingerprint density at radius 2 is 2.07 bits per heavy atom. The van der Waals surface area contributed by atoms with Gasteiger partial charge < -0.3 is 0 Å². The highest BCUT2D eigenvalue weighted by Crippen LogP contribution is 2.55. The first-order valence-electron chi connectivity index (χ1n) is 5.87. The van der Waals surface area contributed by atoms with E-state index in [1.54, 1.807) is 0 Å². The van der Waals surface area contributed by atoms with Gasteiger partial charge in [-0.25, -0.2) is 0 Å². The number of rotatable bonds is 5. The average Bonchev–Trinajstić information content (AvgIpc) is 2.74. The summed E-state index contributed by atoms with van der Waals surface area (Å²) >= 11 is 0. The highest BCUT2D eigenvalue weighted by Gasteiger charge is 2.49. The fourth-order valence-corrected chi connectivity index (χ4v) is 2.38. The summed E-state index contributed by atoms with van der Waals surface area (Å²) < 4.78 is 0. The minimum atomic E-state index is 0.355. The van der Waals surface area contributed by atoms with Crippen LogP contribution in [-0.2, 0) is 0 Å². The van der Waals surface area contributed by atoms with Crippen molar-refractivity contribution in [3.63, 3.8) is 0 Å². The van der Waals surface area contributed by atoms with Crippen molar-refractivity contribution in [2.24, 2.45) is 23.2 Å².